The highest BCUT2D eigenvalue weighted by Gasteiger charge is 2.14. The number of hydrogen-bond donors (Lipinski definition) is 1. The SMILES string of the molecule is C=CCn1c(CCCOc2ccc(Br)cc2C)nnc1SCC(=O)Nc1ccc(Cl)cc1Cl. The second-order valence-electron chi connectivity index (χ2n) is 7.12. The lowest BCUT2D eigenvalue weighted by Gasteiger charge is -2.10. The van der Waals surface area contributed by atoms with Crippen LogP contribution < -0.4 is 10.1 Å². The number of anilines is 1. The van der Waals surface area contributed by atoms with Crippen molar-refractivity contribution >= 4 is 62.5 Å². The highest BCUT2D eigenvalue weighted by molar-refractivity contribution is 9.10. The van der Waals surface area contributed by atoms with Crippen LogP contribution in [0.1, 0.15) is 17.8 Å². The van der Waals surface area contributed by atoms with Crippen molar-refractivity contribution < 1.29 is 9.53 Å². The number of rotatable bonds is 11. The first-order chi connectivity index (χ1) is 15.9. The summed E-state index contributed by atoms with van der Waals surface area (Å²) in [5.74, 6) is 1.67. The average Bonchev–Trinajstić information content (AvgIpc) is 3.15. The van der Waals surface area contributed by atoms with E-state index in [-0.39, 0.29) is 11.7 Å². The summed E-state index contributed by atoms with van der Waals surface area (Å²) in [6.07, 6.45) is 3.26. The van der Waals surface area contributed by atoms with Crippen molar-refractivity contribution in [1.29, 1.82) is 0 Å². The molecule has 0 unspecified atom stereocenters. The molecule has 1 aromatic heterocycles. The number of halogens is 3. The number of nitrogens with one attached hydrogen (secondary N) is 1. The van der Waals surface area contributed by atoms with Crippen LogP contribution in [0.5, 0.6) is 5.75 Å². The molecule has 3 rings (SSSR count). The predicted octanol–water partition coefficient (Wildman–Crippen LogP) is 6.58. The van der Waals surface area contributed by atoms with Crippen molar-refractivity contribution in [2.75, 3.05) is 17.7 Å². The number of allylic oxidation sites excluding steroid dienone is 1. The Morgan fingerprint density at radius 1 is 1.27 bits per heavy atom. The second-order valence-corrected chi connectivity index (χ2v) is 9.82. The Labute approximate surface area is 215 Å². The molecular weight excluding hydrogens is 547 g/mol. The van der Waals surface area contributed by atoms with Crippen LogP contribution in [0.4, 0.5) is 5.69 Å². The largest absolute Gasteiger partial charge is 0.493 e. The fourth-order valence-corrected chi connectivity index (χ4v) is 4.72. The summed E-state index contributed by atoms with van der Waals surface area (Å²) in [5.41, 5.74) is 1.59. The van der Waals surface area contributed by atoms with Crippen LogP contribution in [0.2, 0.25) is 10.0 Å². The smallest absolute Gasteiger partial charge is 0.234 e. The van der Waals surface area contributed by atoms with Crippen molar-refractivity contribution in [2.45, 2.75) is 31.5 Å². The summed E-state index contributed by atoms with van der Waals surface area (Å²) >= 11 is 16.8. The number of thioether (sulfide) groups is 1. The van der Waals surface area contributed by atoms with E-state index >= 15 is 0 Å². The minimum absolute atomic E-state index is 0.167. The van der Waals surface area contributed by atoms with E-state index in [9.17, 15) is 4.79 Å². The molecule has 0 radical (unpaired) electrons. The lowest BCUT2D eigenvalue weighted by molar-refractivity contribution is -0.113. The third-order valence-corrected chi connectivity index (χ3v) is 6.59. The molecule has 2 aromatic carbocycles. The summed E-state index contributed by atoms with van der Waals surface area (Å²) in [4.78, 5) is 12.4. The fourth-order valence-electron chi connectivity index (χ4n) is 3.02. The van der Waals surface area contributed by atoms with E-state index in [1.807, 2.05) is 29.7 Å². The Balaban J connectivity index is 1.53. The highest BCUT2D eigenvalue weighted by atomic mass is 79.9. The Kier molecular flexibility index (Phi) is 9.67. The molecule has 1 N–H and O–H groups in total. The molecular formula is C23H23BrCl2N4O2S. The van der Waals surface area contributed by atoms with Gasteiger partial charge in [0.1, 0.15) is 11.6 Å². The van der Waals surface area contributed by atoms with Crippen molar-refractivity contribution in [3.63, 3.8) is 0 Å². The lowest BCUT2D eigenvalue weighted by Crippen LogP contribution is -2.15. The monoisotopic (exact) mass is 568 g/mol. The van der Waals surface area contributed by atoms with Crippen molar-refractivity contribution in [2.24, 2.45) is 0 Å². The van der Waals surface area contributed by atoms with Gasteiger partial charge in [0.15, 0.2) is 5.16 Å². The minimum atomic E-state index is -0.197. The zero-order valence-corrected chi connectivity index (χ0v) is 21.9. The zero-order chi connectivity index (χ0) is 23.8. The second kappa shape index (κ2) is 12.5. The molecule has 0 aliphatic carbocycles. The Morgan fingerprint density at radius 2 is 2.09 bits per heavy atom. The van der Waals surface area contributed by atoms with E-state index in [1.165, 1.54) is 11.8 Å². The van der Waals surface area contributed by atoms with Gasteiger partial charge >= 0.3 is 0 Å². The van der Waals surface area contributed by atoms with Crippen LogP contribution in [0.3, 0.4) is 0 Å². The number of amides is 1. The number of benzene rings is 2. The van der Waals surface area contributed by atoms with Crippen LogP contribution in [-0.4, -0.2) is 33.0 Å². The van der Waals surface area contributed by atoms with Gasteiger partial charge in [-0.15, -0.1) is 16.8 Å². The normalized spacial score (nSPS) is 10.8. The molecule has 0 fully saturated rings. The number of carbonyl (C=O) groups is 1. The maximum absolute atomic E-state index is 12.4. The highest BCUT2D eigenvalue weighted by Crippen LogP contribution is 2.26. The Bertz CT molecular complexity index is 1140. The summed E-state index contributed by atoms with van der Waals surface area (Å²) in [7, 11) is 0. The summed E-state index contributed by atoms with van der Waals surface area (Å²) in [6, 6.07) is 10.9. The van der Waals surface area contributed by atoms with Crippen molar-refractivity contribution in [3.8, 4) is 5.75 Å². The molecule has 174 valence electrons. The molecule has 33 heavy (non-hydrogen) atoms. The molecule has 3 aromatic rings. The third-order valence-electron chi connectivity index (χ3n) is 4.58. The molecule has 0 saturated carbocycles. The van der Waals surface area contributed by atoms with Gasteiger partial charge in [-0.05, 0) is 55.3 Å². The molecule has 10 heteroatoms. The van der Waals surface area contributed by atoms with E-state index in [1.54, 1.807) is 24.3 Å². The number of aromatic nitrogens is 3. The maximum atomic E-state index is 12.4. The summed E-state index contributed by atoms with van der Waals surface area (Å²) in [6.45, 7) is 6.96. The average molecular weight is 570 g/mol. The molecule has 0 aliphatic rings. The first-order valence-electron chi connectivity index (χ1n) is 10.2. The number of carbonyl (C=O) groups excluding carboxylic acids is 1. The number of ether oxygens (including phenoxy) is 1. The van der Waals surface area contributed by atoms with Crippen molar-refractivity contribution in [1.82, 2.24) is 14.8 Å². The zero-order valence-electron chi connectivity index (χ0n) is 18.0. The number of aryl methyl sites for hydroxylation is 2. The molecule has 0 atom stereocenters. The topological polar surface area (TPSA) is 69.0 Å². The van der Waals surface area contributed by atoms with Gasteiger partial charge < -0.3 is 14.6 Å². The standard InChI is InChI=1S/C23H23BrCl2N4O2S/c1-3-10-30-21(5-4-11-32-20-9-6-16(24)12-15(20)2)28-29-23(30)33-14-22(31)27-19-8-7-17(25)13-18(19)26/h3,6-9,12-13H,1,4-5,10-11,14H2,2H3,(H,27,31). The van der Waals surface area contributed by atoms with Gasteiger partial charge in [0.25, 0.3) is 0 Å². The number of nitrogens with zero attached hydrogens (tertiary/aromatic N) is 3. The van der Waals surface area contributed by atoms with E-state index in [2.05, 4.69) is 38.0 Å². The van der Waals surface area contributed by atoms with Gasteiger partial charge in [0, 0.05) is 22.5 Å². The van der Waals surface area contributed by atoms with Crippen LogP contribution in [0.15, 0.2) is 58.7 Å². The molecule has 0 spiro atoms. The summed E-state index contributed by atoms with van der Waals surface area (Å²) in [5, 5.41) is 12.9. The third kappa shape index (κ3) is 7.50. The van der Waals surface area contributed by atoms with Gasteiger partial charge in [-0.1, -0.05) is 57.0 Å². The molecule has 1 heterocycles. The van der Waals surface area contributed by atoms with Crippen LogP contribution >= 0.6 is 50.9 Å². The van der Waals surface area contributed by atoms with Crippen molar-refractivity contribution in [3.05, 3.63) is 75.0 Å². The maximum Gasteiger partial charge on any atom is 0.234 e. The first kappa shape index (κ1) is 25.6. The molecule has 1 amide bonds. The van der Waals surface area contributed by atoms with Gasteiger partial charge in [-0.2, -0.15) is 0 Å². The van der Waals surface area contributed by atoms with Gasteiger partial charge in [0.2, 0.25) is 5.91 Å². The summed E-state index contributed by atoms with van der Waals surface area (Å²) < 4.78 is 8.89. The quantitative estimate of drug-likeness (QED) is 0.160. The Hall–Kier alpha value is -2.00. The van der Waals surface area contributed by atoms with E-state index in [4.69, 9.17) is 27.9 Å². The van der Waals surface area contributed by atoms with E-state index in [0.29, 0.717) is 40.5 Å². The Morgan fingerprint density at radius 3 is 2.82 bits per heavy atom. The predicted molar refractivity (Wildman–Crippen MR) is 139 cm³/mol. The molecule has 0 saturated heterocycles. The molecule has 0 bridgehead atoms. The van der Waals surface area contributed by atoms with Crippen LogP contribution in [-0.2, 0) is 17.8 Å². The lowest BCUT2D eigenvalue weighted by atomic mass is 10.2. The van der Waals surface area contributed by atoms with Crippen LogP contribution in [0, 0.1) is 6.92 Å². The van der Waals surface area contributed by atoms with E-state index < -0.39 is 0 Å². The van der Waals surface area contributed by atoms with Gasteiger partial charge in [-0.25, -0.2) is 0 Å². The van der Waals surface area contributed by atoms with Gasteiger partial charge in [-0.3, -0.25) is 4.79 Å². The molecule has 6 nitrogen and oxygen atoms in total. The van der Waals surface area contributed by atoms with Crippen LogP contribution in [0.25, 0.3) is 0 Å². The van der Waals surface area contributed by atoms with Gasteiger partial charge in [0.05, 0.1) is 23.1 Å². The van der Waals surface area contributed by atoms with E-state index in [0.717, 1.165) is 28.0 Å². The first-order valence-corrected chi connectivity index (χ1v) is 12.7. The number of hydrogen-bond acceptors (Lipinski definition) is 5. The fraction of sp³-hybridized carbons (Fsp3) is 0.261. The minimum Gasteiger partial charge on any atom is -0.493 e. The molecule has 0 aliphatic heterocycles.